The number of imidazole rings is 1. The number of fused-ring (bicyclic) bond motifs is 1. The van der Waals surface area contributed by atoms with Crippen LogP contribution in [0.5, 0.6) is 0 Å². The van der Waals surface area contributed by atoms with Gasteiger partial charge in [0.2, 0.25) is 0 Å². The molecule has 0 aromatic carbocycles. The van der Waals surface area contributed by atoms with Crippen molar-refractivity contribution in [2.45, 2.75) is 32.6 Å². The van der Waals surface area contributed by atoms with Gasteiger partial charge in [-0.05, 0) is 43.4 Å². The zero-order valence-corrected chi connectivity index (χ0v) is 10.2. The first-order chi connectivity index (χ1) is 8.21. The van der Waals surface area contributed by atoms with E-state index in [1.165, 1.54) is 19.3 Å². The smallest absolute Gasteiger partial charge is 0.177 e. The molecule has 2 heterocycles. The van der Waals surface area contributed by atoms with Gasteiger partial charge in [-0.3, -0.25) is 0 Å². The second kappa shape index (κ2) is 3.81. The lowest BCUT2D eigenvalue weighted by Gasteiger charge is -2.40. The van der Waals surface area contributed by atoms with Crippen molar-refractivity contribution >= 4 is 11.2 Å². The minimum atomic E-state index is 0.295. The third kappa shape index (κ3) is 1.82. The Morgan fingerprint density at radius 3 is 2.94 bits per heavy atom. The number of rotatable bonds is 3. The second-order valence-corrected chi connectivity index (χ2v) is 5.30. The molecule has 3 N–H and O–H groups in total. The largest absolute Gasteiger partial charge is 0.341 e. The molecule has 3 rings (SSSR count). The number of aromatic nitrogens is 3. The highest BCUT2D eigenvalue weighted by Crippen LogP contribution is 2.42. The first-order valence-corrected chi connectivity index (χ1v) is 6.22. The minimum absolute atomic E-state index is 0.295. The number of pyridine rings is 1. The van der Waals surface area contributed by atoms with Gasteiger partial charge in [-0.15, -0.1) is 0 Å². The van der Waals surface area contributed by atoms with E-state index < -0.39 is 0 Å². The molecule has 4 heteroatoms. The Kier molecular flexibility index (Phi) is 2.40. The molecule has 0 atom stereocenters. The van der Waals surface area contributed by atoms with E-state index in [0.29, 0.717) is 5.41 Å². The number of nitrogens with one attached hydrogen (secondary N) is 1. The second-order valence-electron chi connectivity index (χ2n) is 5.30. The predicted octanol–water partition coefficient (Wildman–Crippen LogP) is 1.94. The van der Waals surface area contributed by atoms with Gasteiger partial charge in [0.05, 0.1) is 5.52 Å². The van der Waals surface area contributed by atoms with Crippen LogP contribution < -0.4 is 5.73 Å². The molecule has 17 heavy (non-hydrogen) atoms. The molecule has 2 aromatic heterocycles. The molecule has 0 radical (unpaired) electrons. The summed E-state index contributed by atoms with van der Waals surface area (Å²) >= 11 is 0. The summed E-state index contributed by atoms with van der Waals surface area (Å²) in [5.74, 6) is 1.03. The topological polar surface area (TPSA) is 67.6 Å². The van der Waals surface area contributed by atoms with Crippen molar-refractivity contribution in [3.8, 4) is 0 Å². The van der Waals surface area contributed by atoms with Gasteiger partial charge in [-0.1, -0.05) is 6.42 Å². The van der Waals surface area contributed by atoms with Crippen molar-refractivity contribution in [2.75, 3.05) is 6.54 Å². The van der Waals surface area contributed by atoms with Gasteiger partial charge in [0.25, 0.3) is 0 Å². The summed E-state index contributed by atoms with van der Waals surface area (Å²) in [7, 11) is 0. The zero-order chi connectivity index (χ0) is 11.9. The Morgan fingerprint density at radius 1 is 1.47 bits per heavy atom. The maximum absolute atomic E-state index is 5.88. The molecule has 1 aliphatic carbocycles. The maximum atomic E-state index is 5.88. The van der Waals surface area contributed by atoms with Crippen LogP contribution in [0.1, 0.15) is 30.7 Å². The number of H-pyrrole nitrogens is 1. The Morgan fingerprint density at radius 2 is 2.29 bits per heavy atom. The number of aryl methyl sites for hydroxylation is 1. The highest BCUT2D eigenvalue weighted by Gasteiger charge is 2.36. The molecule has 4 nitrogen and oxygen atoms in total. The lowest BCUT2D eigenvalue weighted by atomic mass is 9.66. The SMILES string of the molecule is Cc1cnc2nc(CC3(CN)CCC3)[nH]c2c1. The quantitative estimate of drug-likeness (QED) is 0.846. The monoisotopic (exact) mass is 230 g/mol. The van der Waals surface area contributed by atoms with Crippen molar-refractivity contribution < 1.29 is 0 Å². The average Bonchev–Trinajstić information content (AvgIpc) is 2.65. The summed E-state index contributed by atoms with van der Waals surface area (Å²) in [5, 5.41) is 0. The molecule has 0 bridgehead atoms. The highest BCUT2D eigenvalue weighted by atomic mass is 15.0. The first-order valence-electron chi connectivity index (χ1n) is 6.22. The fraction of sp³-hybridized carbons (Fsp3) is 0.538. The van der Waals surface area contributed by atoms with Crippen molar-refractivity contribution in [1.29, 1.82) is 0 Å². The number of hydrogen-bond acceptors (Lipinski definition) is 3. The van der Waals surface area contributed by atoms with Crippen LogP contribution in [0.2, 0.25) is 0 Å². The van der Waals surface area contributed by atoms with Crippen LogP contribution in [0.25, 0.3) is 11.2 Å². The normalized spacial score (nSPS) is 18.2. The van der Waals surface area contributed by atoms with Gasteiger partial charge in [-0.25, -0.2) is 9.97 Å². The van der Waals surface area contributed by atoms with Crippen LogP contribution in [0.4, 0.5) is 0 Å². The molecule has 1 saturated carbocycles. The van der Waals surface area contributed by atoms with Crippen LogP contribution >= 0.6 is 0 Å². The predicted molar refractivity (Wildman–Crippen MR) is 67.7 cm³/mol. The molecule has 0 aliphatic heterocycles. The average molecular weight is 230 g/mol. The zero-order valence-electron chi connectivity index (χ0n) is 10.2. The number of nitrogens with zero attached hydrogens (tertiary/aromatic N) is 2. The Hall–Kier alpha value is -1.42. The van der Waals surface area contributed by atoms with E-state index in [0.717, 1.165) is 35.5 Å². The Labute approximate surface area is 101 Å². The first kappa shape index (κ1) is 10.7. The minimum Gasteiger partial charge on any atom is -0.341 e. The summed E-state index contributed by atoms with van der Waals surface area (Å²) in [6.45, 7) is 2.80. The van der Waals surface area contributed by atoms with Crippen LogP contribution in [0.15, 0.2) is 12.3 Å². The van der Waals surface area contributed by atoms with Crippen molar-refractivity contribution in [2.24, 2.45) is 11.1 Å². The molecule has 90 valence electrons. The van der Waals surface area contributed by atoms with Gasteiger partial charge in [0, 0.05) is 12.6 Å². The molecule has 2 aromatic rings. The van der Waals surface area contributed by atoms with Crippen LogP contribution in [-0.4, -0.2) is 21.5 Å². The maximum Gasteiger partial charge on any atom is 0.177 e. The fourth-order valence-corrected chi connectivity index (χ4v) is 2.62. The molecule has 0 saturated heterocycles. The van der Waals surface area contributed by atoms with Gasteiger partial charge in [-0.2, -0.15) is 0 Å². The Bertz CT molecular complexity index is 534. The molecule has 1 aliphatic rings. The summed E-state index contributed by atoms with van der Waals surface area (Å²) in [6, 6.07) is 2.09. The van der Waals surface area contributed by atoms with Crippen LogP contribution in [-0.2, 0) is 6.42 Å². The number of aromatic amines is 1. The number of hydrogen-bond donors (Lipinski definition) is 2. The molecular weight excluding hydrogens is 212 g/mol. The van der Waals surface area contributed by atoms with E-state index >= 15 is 0 Å². The summed E-state index contributed by atoms with van der Waals surface area (Å²) < 4.78 is 0. The lowest BCUT2D eigenvalue weighted by molar-refractivity contribution is 0.142. The molecule has 0 amide bonds. The number of nitrogens with two attached hydrogens (primary N) is 1. The summed E-state index contributed by atoms with van der Waals surface area (Å²) in [5.41, 5.74) is 9.18. The van der Waals surface area contributed by atoms with E-state index in [1.807, 2.05) is 13.1 Å². The lowest BCUT2D eigenvalue weighted by Crippen LogP contribution is -2.39. The third-order valence-corrected chi connectivity index (χ3v) is 3.91. The van der Waals surface area contributed by atoms with Crippen LogP contribution in [0, 0.1) is 12.3 Å². The van der Waals surface area contributed by atoms with E-state index in [2.05, 4.69) is 21.0 Å². The fourth-order valence-electron chi connectivity index (χ4n) is 2.62. The highest BCUT2D eigenvalue weighted by molar-refractivity contribution is 5.70. The van der Waals surface area contributed by atoms with E-state index in [4.69, 9.17) is 5.73 Å². The molecule has 1 fully saturated rings. The standard InChI is InChI=1S/C13H18N4/c1-9-5-10-12(15-7-9)17-11(16-10)6-13(8-14)3-2-4-13/h5,7H,2-4,6,8,14H2,1H3,(H,15,16,17). The van der Waals surface area contributed by atoms with Gasteiger partial charge < -0.3 is 10.7 Å². The van der Waals surface area contributed by atoms with Crippen molar-refractivity contribution in [3.05, 3.63) is 23.7 Å². The van der Waals surface area contributed by atoms with Gasteiger partial charge in [0.1, 0.15) is 5.82 Å². The molecule has 0 unspecified atom stereocenters. The van der Waals surface area contributed by atoms with Gasteiger partial charge in [0.15, 0.2) is 5.65 Å². The van der Waals surface area contributed by atoms with E-state index in [1.54, 1.807) is 0 Å². The van der Waals surface area contributed by atoms with Crippen molar-refractivity contribution in [1.82, 2.24) is 15.0 Å². The summed E-state index contributed by atoms with van der Waals surface area (Å²) in [4.78, 5) is 12.2. The van der Waals surface area contributed by atoms with Crippen LogP contribution in [0.3, 0.4) is 0 Å². The Balaban J connectivity index is 1.90. The molecular formula is C13H18N4. The summed E-state index contributed by atoms with van der Waals surface area (Å²) in [6.07, 6.45) is 6.57. The molecule has 0 spiro atoms. The third-order valence-electron chi connectivity index (χ3n) is 3.91. The van der Waals surface area contributed by atoms with E-state index in [9.17, 15) is 0 Å². The van der Waals surface area contributed by atoms with Crippen molar-refractivity contribution in [3.63, 3.8) is 0 Å². The van der Waals surface area contributed by atoms with Gasteiger partial charge >= 0.3 is 0 Å². The van der Waals surface area contributed by atoms with E-state index in [-0.39, 0.29) is 0 Å².